The van der Waals surface area contributed by atoms with Gasteiger partial charge in [-0.3, -0.25) is 4.79 Å². The minimum atomic E-state index is -3.86. The number of nitrogens with one attached hydrogen (secondary N) is 2. The van der Waals surface area contributed by atoms with Crippen LogP contribution in [-0.2, 0) is 14.8 Å². The first-order valence-electron chi connectivity index (χ1n) is 8.49. The van der Waals surface area contributed by atoms with Crippen LogP contribution < -0.4 is 10.0 Å². The third-order valence-corrected chi connectivity index (χ3v) is 5.09. The Morgan fingerprint density at radius 3 is 2.38 bits per heavy atom. The topological polar surface area (TPSA) is 101 Å². The number of amides is 1. The molecule has 0 atom stereocenters. The smallest absolute Gasteiger partial charge is 0.264 e. The second-order valence-electron chi connectivity index (χ2n) is 6.03. The maximum absolute atomic E-state index is 12.9. The van der Waals surface area contributed by atoms with Crippen molar-refractivity contribution in [2.75, 3.05) is 10.0 Å². The number of aryl methyl sites for hydroxylation is 1. The predicted molar refractivity (Wildman–Crippen MR) is 108 cm³/mol. The van der Waals surface area contributed by atoms with Crippen molar-refractivity contribution < 1.29 is 17.6 Å². The summed E-state index contributed by atoms with van der Waals surface area (Å²) in [5, 5.41) is 2.62. The minimum Gasteiger partial charge on any atom is -0.323 e. The number of nitrogens with zero attached hydrogens (tertiary/aromatic N) is 2. The number of rotatable bonds is 6. The predicted octanol–water partition coefficient (Wildman–Crippen LogP) is 3.38. The van der Waals surface area contributed by atoms with Crippen LogP contribution in [0.1, 0.15) is 11.3 Å². The van der Waals surface area contributed by atoms with Crippen molar-refractivity contribution in [3.8, 4) is 0 Å². The number of carbonyl (C=O) groups is 1. The lowest BCUT2D eigenvalue weighted by Crippen LogP contribution is -2.15. The van der Waals surface area contributed by atoms with Gasteiger partial charge in [0.15, 0.2) is 0 Å². The molecule has 0 radical (unpaired) electrons. The molecule has 148 valence electrons. The van der Waals surface area contributed by atoms with Crippen molar-refractivity contribution in [2.24, 2.45) is 0 Å². The monoisotopic (exact) mass is 412 g/mol. The number of hydrogen-bond acceptors (Lipinski definition) is 5. The lowest BCUT2D eigenvalue weighted by Gasteiger charge is -2.08. The van der Waals surface area contributed by atoms with Crippen LogP contribution in [0.4, 0.5) is 16.0 Å². The van der Waals surface area contributed by atoms with Crippen molar-refractivity contribution in [1.82, 2.24) is 9.97 Å². The van der Waals surface area contributed by atoms with Gasteiger partial charge in [0.1, 0.15) is 5.82 Å². The fourth-order valence-corrected chi connectivity index (χ4v) is 3.28. The van der Waals surface area contributed by atoms with Crippen LogP contribution in [0.3, 0.4) is 0 Å². The summed E-state index contributed by atoms with van der Waals surface area (Å²) in [7, 11) is -3.86. The number of halogens is 1. The van der Waals surface area contributed by atoms with E-state index >= 15 is 0 Å². The summed E-state index contributed by atoms with van der Waals surface area (Å²) in [6.07, 6.45) is 4.30. The summed E-state index contributed by atoms with van der Waals surface area (Å²) in [5.74, 6) is -0.783. The van der Waals surface area contributed by atoms with Gasteiger partial charge in [0.2, 0.25) is 11.9 Å². The molecule has 0 aliphatic heterocycles. The molecule has 0 saturated carbocycles. The Hall–Kier alpha value is -3.59. The van der Waals surface area contributed by atoms with E-state index in [9.17, 15) is 17.6 Å². The number of benzene rings is 2. The molecule has 0 unspecified atom stereocenters. The van der Waals surface area contributed by atoms with Gasteiger partial charge in [0.05, 0.1) is 4.90 Å². The number of aromatic nitrogens is 2. The summed E-state index contributed by atoms with van der Waals surface area (Å²) >= 11 is 0. The summed E-state index contributed by atoms with van der Waals surface area (Å²) in [5.41, 5.74) is 1.72. The van der Waals surface area contributed by atoms with E-state index in [4.69, 9.17) is 0 Å². The van der Waals surface area contributed by atoms with Gasteiger partial charge in [-0.25, -0.2) is 27.5 Å². The van der Waals surface area contributed by atoms with E-state index in [1.54, 1.807) is 31.2 Å². The number of anilines is 2. The van der Waals surface area contributed by atoms with E-state index in [2.05, 4.69) is 20.0 Å². The summed E-state index contributed by atoms with van der Waals surface area (Å²) < 4.78 is 40.0. The third-order valence-electron chi connectivity index (χ3n) is 3.75. The molecule has 2 aromatic carbocycles. The normalized spacial score (nSPS) is 11.4. The molecule has 0 aliphatic rings. The number of carbonyl (C=O) groups excluding carboxylic acids is 1. The molecule has 2 N–H and O–H groups in total. The molecule has 3 rings (SSSR count). The van der Waals surface area contributed by atoms with E-state index in [0.717, 1.165) is 0 Å². The molecule has 0 fully saturated rings. The molecule has 0 bridgehead atoms. The molecule has 9 heteroatoms. The zero-order valence-corrected chi connectivity index (χ0v) is 16.2. The van der Waals surface area contributed by atoms with Crippen LogP contribution in [-0.4, -0.2) is 24.3 Å². The van der Waals surface area contributed by atoms with Crippen LogP contribution in [0.5, 0.6) is 0 Å². The second kappa shape index (κ2) is 8.61. The highest BCUT2D eigenvalue weighted by atomic mass is 32.2. The van der Waals surface area contributed by atoms with Crippen molar-refractivity contribution in [3.63, 3.8) is 0 Å². The van der Waals surface area contributed by atoms with E-state index in [1.807, 2.05) is 0 Å². The first-order chi connectivity index (χ1) is 13.8. The van der Waals surface area contributed by atoms with Crippen LogP contribution in [0, 0.1) is 12.7 Å². The van der Waals surface area contributed by atoms with Crippen LogP contribution in [0.15, 0.2) is 71.8 Å². The van der Waals surface area contributed by atoms with Crippen LogP contribution >= 0.6 is 0 Å². The molecule has 0 saturated heterocycles. The first-order valence-corrected chi connectivity index (χ1v) is 9.97. The van der Waals surface area contributed by atoms with Gasteiger partial charge in [-0.1, -0.05) is 12.1 Å². The highest BCUT2D eigenvalue weighted by Crippen LogP contribution is 2.17. The zero-order chi connectivity index (χ0) is 20.9. The van der Waals surface area contributed by atoms with Gasteiger partial charge in [-0.05, 0) is 61.0 Å². The molecule has 0 spiro atoms. The van der Waals surface area contributed by atoms with Crippen molar-refractivity contribution in [1.29, 1.82) is 0 Å². The lowest BCUT2D eigenvalue weighted by atomic mass is 10.2. The molecule has 1 amide bonds. The van der Waals surface area contributed by atoms with Gasteiger partial charge < -0.3 is 5.32 Å². The Kier molecular flexibility index (Phi) is 5.99. The maximum Gasteiger partial charge on any atom is 0.264 e. The maximum atomic E-state index is 12.9. The van der Waals surface area contributed by atoms with Crippen LogP contribution in [0.25, 0.3) is 6.08 Å². The van der Waals surface area contributed by atoms with Gasteiger partial charge >= 0.3 is 0 Å². The summed E-state index contributed by atoms with van der Waals surface area (Å²) in [4.78, 5) is 19.9. The molecular weight excluding hydrogens is 395 g/mol. The van der Waals surface area contributed by atoms with Gasteiger partial charge in [-0.2, -0.15) is 0 Å². The van der Waals surface area contributed by atoms with E-state index in [-0.39, 0.29) is 16.7 Å². The minimum absolute atomic E-state index is 0.00228. The molecule has 29 heavy (non-hydrogen) atoms. The number of hydrogen-bond donors (Lipinski definition) is 2. The fraction of sp³-hybridized carbons (Fsp3) is 0.0500. The SMILES string of the molecule is Cc1ccnc(NS(=O)(=O)c2ccc(NC(=O)C=Cc3ccc(F)cc3)cc2)n1. The highest BCUT2D eigenvalue weighted by molar-refractivity contribution is 7.92. The first kappa shape index (κ1) is 20.2. The molecule has 3 aromatic rings. The molecular formula is C20H17FN4O3S. The standard InChI is InChI=1S/C20H17FN4O3S/c1-14-12-13-22-20(23-14)25-29(27,28)18-9-7-17(8-10-18)24-19(26)11-4-15-2-5-16(21)6-3-15/h2-13H,1H3,(H,24,26)(H,22,23,25). The van der Waals surface area contributed by atoms with E-state index in [0.29, 0.717) is 16.9 Å². The number of sulfonamides is 1. The van der Waals surface area contributed by atoms with Crippen molar-refractivity contribution in [3.05, 3.63) is 83.9 Å². The lowest BCUT2D eigenvalue weighted by molar-refractivity contribution is -0.111. The molecule has 7 nitrogen and oxygen atoms in total. The van der Waals surface area contributed by atoms with Gasteiger partial charge in [-0.15, -0.1) is 0 Å². The Labute approximate surface area is 167 Å². The molecule has 1 aromatic heterocycles. The Balaban J connectivity index is 1.64. The average Bonchev–Trinajstić information content (AvgIpc) is 2.68. The largest absolute Gasteiger partial charge is 0.323 e. The van der Waals surface area contributed by atoms with Crippen molar-refractivity contribution in [2.45, 2.75) is 11.8 Å². The highest BCUT2D eigenvalue weighted by Gasteiger charge is 2.15. The van der Waals surface area contributed by atoms with E-state index < -0.39 is 15.9 Å². The summed E-state index contributed by atoms with van der Waals surface area (Å²) in [6, 6.07) is 13.0. The van der Waals surface area contributed by atoms with Crippen molar-refractivity contribution >= 4 is 33.6 Å². The second-order valence-corrected chi connectivity index (χ2v) is 7.71. The fourth-order valence-electron chi connectivity index (χ4n) is 2.32. The van der Waals surface area contributed by atoms with Gasteiger partial charge in [0.25, 0.3) is 10.0 Å². The Bertz CT molecular complexity index is 1150. The zero-order valence-electron chi connectivity index (χ0n) is 15.3. The summed E-state index contributed by atoms with van der Waals surface area (Å²) in [6.45, 7) is 1.72. The quantitative estimate of drug-likeness (QED) is 0.605. The Morgan fingerprint density at radius 1 is 1.03 bits per heavy atom. The molecule has 0 aliphatic carbocycles. The van der Waals surface area contributed by atoms with E-state index in [1.165, 1.54) is 48.7 Å². The third kappa shape index (κ3) is 5.69. The van der Waals surface area contributed by atoms with Crippen LogP contribution in [0.2, 0.25) is 0 Å². The molecule has 1 heterocycles. The van der Waals surface area contributed by atoms with Gasteiger partial charge in [0, 0.05) is 23.7 Å². The average molecular weight is 412 g/mol. The Morgan fingerprint density at radius 2 is 1.72 bits per heavy atom.